The van der Waals surface area contributed by atoms with E-state index < -0.39 is 0 Å². The van der Waals surface area contributed by atoms with Crippen LogP contribution in [-0.2, 0) is 4.79 Å². The molecule has 0 aromatic carbocycles. The largest absolute Gasteiger partial charge is 0.299 e. The topological polar surface area (TPSA) is 17.1 Å². The first-order valence-corrected chi connectivity index (χ1v) is 6.49. The van der Waals surface area contributed by atoms with Crippen LogP contribution in [0.3, 0.4) is 0 Å². The van der Waals surface area contributed by atoms with E-state index in [1.165, 1.54) is 36.8 Å². The number of rotatable bonds is 7. The summed E-state index contributed by atoms with van der Waals surface area (Å²) in [6.07, 6.45) is 8.21. The molecule has 0 aromatic rings. The average molecular weight is 220 g/mol. The van der Waals surface area contributed by atoms with E-state index in [0.29, 0.717) is 11.7 Å². The Bertz CT molecular complexity index is 299. The molecule has 1 aliphatic rings. The van der Waals surface area contributed by atoms with Gasteiger partial charge < -0.3 is 0 Å². The fraction of sp³-hybridized carbons (Fsp3) is 0.667. The van der Waals surface area contributed by atoms with Gasteiger partial charge in [-0.2, -0.15) is 0 Å². The standard InChI is InChI=1S/C15H24O/c1-5-7-8-9-10-14-11(3)15(12(4)16)13(14)6-2/h6,11,15H,2,5,7-10H2,1,3-4H3/t11-,15-/m0/s1. The molecule has 90 valence electrons. The number of carbonyl (C=O) groups excluding carboxylic acids is 1. The summed E-state index contributed by atoms with van der Waals surface area (Å²) < 4.78 is 0. The van der Waals surface area contributed by atoms with Gasteiger partial charge >= 0.3 is 0 Å². The van der Waals surface area contributed by atoms with E-state index in [9.17, 15) is 4.79 Å². The Morgan fingerprint density at radius 1 is 1.38 bits per heavy atom. The Kier molecular flexibility index (Phi) is 4.98. The van der Waals surface area contributed by atoms with Crippen molar-refractivity contribution in [1.82, 2.24) is 0 Å². The van der Waals surface area contributed by atoms with Gasteiger partial charge in [0.2, 0.25) is 0 Å². The highest BCUT2D eigenvalue weighted by Gasteiger charge is 2.37. The number of unbranched alkanes of at least 4 members (excludes halogenated alkanes) is 3. The van der Waals surface area contributed by atoms with Crippen molar-refractivity contribution in [3.8, 4) is 0 Å². The van der Waals surface area contributed by atoms with Gasteiger partial charge in [-0.05, 0) is 31.3 Å². The van der Waals surface area contributed by atoms with Crippen LogP contribution in [0.2, 0.25) is 0 Å². The lowest BCUT2D eigenvalue weighted by Crippen LogP contribution is -2.33. The zero-order valence-corrected chi connectivity index (χ0v) is 10.9. The van der Waals surface area contributed by atoms with Gasteiger partial charge in [-0.3, -0.25) is 4.79 Å². The molecule has 0 N–H and O–H groups in total. The summed E-state index contributed by atoms with van der Waals surface area (Å²) in [5, 5.41) is 0. The van der Waals surface area contributed by atoms with Crippen molar-refractivity contribution in [2.24, 2.45) is 11.8 Å². The highest BCUT2D eigenvalue weighted by molar-refractivity contribution is 5.85. The fourth-order valence-electron chi connectivity index (χ4n) is 2.78. The summed E-state index contributed by atoms with van der Waals surface area (Å²) in [6, 6.07) is 0. The number of Topliss-reactive ketones (excluding diaryl/α,β-unsaturated/α-hetero) is 1. The van der Waals surface area contributed by atoms with Crippen LogP contribution in [0.4, 0.5) is 0 Å². The van der Waals surface area contributed by atoms with Crippen molar-refractivity contribution in [2.75, 3.05) is 0 Å². The van der Waals surface area contributed by atoms with Crippen LogP contribution in [0.1, 0.15) is 52.9 Å². The molecule has 1 nitrogen and oxygen atoms in total. The second-order valence-electron chi connectivity index (χ2n) is 4.87. The molecule has 0 saturated heterocycles. The lowest BCUT2D eigenvalue weighted by atomic mass is 9.65. The Morgan fingerprint density at radius 2 is 2.06 bits per heavy atom. The van der Waals surface area contributed by atoms with Crippen molar-refractivity contribution in [3.63, 3.8) is 0 Å². The van der Waals surface area contributed by atoms with Gasteiger partial charge in [-0.25, -0.2) is 0 Å². The molecule has 0 radical (unpaired) electrons. The van der Waals surface area contributed by atoms with Crippen LogP contribution in [0.25, 0.3) is 0 Å². The molecule has 0 heterocycles. The van der Waals surface area contributed by atoms with E-state index in [-0.39, 0.29) is 5.92 Å². The molecule has 0 fully saturated rings. The number of ketones is 1. The molecule has 0 spiro atoms. The minimum atomic E-state index is 0.138. The summed E-state index contributed by atoms with van der Waals surface area (Å²) in [5.74, 6) is 0.880. The molecule has 0 saturated carbocycles. The van der Waals surface area contributed by atoms with E-state index in [4.69, 9.17) is 0 Å². The number of allylic oxidation sites excluding steroid dienone is 3. The number of carbonyl (C=O) groups is 1. The smallest absolute Gasteiger partial charge is 0.137 e. The predicted molar refractivity (Wildman–Crippen MR) is 69.3 cm³/mol. The van der Waals surface area contributed by atoms with Crippen LogP contribution in [-0.4, -0.2) is 5.78 Å². The van der Waals surface area contributed by atoms with E-state index in [0.717, 1.165) is 6.42 Å². The number of hydrogen-bond acceptors (Lipinski definition) is 1. The average Bonchev–Trinajstić information content (AvgIpc) is 2.24. The normalized spacial score (nSPS) is 24.2. The lowest BCUT2D eigenvalue weighted by Gasteiger charge is -2.38. The Balaban J connectivity index is 2.54. The van der Waals surface area contributed by atoms with Gasteiger partial charge in [0, 0.05) is 5.92 Å². The Labute approximate surface area is 99.6 Å². The first kappa shape index (κ1) is 13.2. The van der Waals surface area contributed by atoms with E-state index in [2.05, 4.69) is 20.4 Å². The lowest BCUT2D eigenvalue weighted by molar-refractivity contribution is -0.121. The van der Waals surface area contributed by atoms with Crippen molar-refractivity contribution in [3.05, 3.63) is 23.8 Å². The predicted octanol–water partition coefficient (Wildman–Crippen LogP) is 4.29. The summed E-state index contributed by atoms with van der Waals surface area (Å²) in [7, 11) is 0. The third-order valence-corrected chi connectivity index (χ3v) is 3.71. The molecule has 0 amide bonds. The fourth-order valence-corrected chi connectivity index (χ4v) is 2.78. The molecular weight excluding hydrogens is 196 g/mol. The quantitative estimate of drug-likeness (QED) is 0.585. The maximum absolute atomic E-state index is 11.4. The first-order chi connectivity index (χ1) is 7.63. The summed E-state index contributed by atoms with van der Waals surface area (Å²) in [6.45, 7) is 9.93. The van der Waals surface area contributed by atoms with Gasteiger partial charge in [-0.1, -0.05) is 51.3 Å². The van der Waals surface area contributed by atoms with Crippen LogP contribution in [0.5, 0.6) is 0 Å². The monoisotopic (exact) mass is 220 g/mol. The van der Waals surface area contributed by atoms with Gasteiger partial charge in [0.15, 0.2) is 0 Å². The highest BCUT2D eigenvalue weighted by Crippen LogP contribution is 2.44. The summed E-state index contributed by atoms with van der Waals surface area (Å²) in [4.78, 5) is 11.4. The van der Waals surface area contributed by atoms with Crippen molar-refractivity contribution < 1.29 is 4.79 Å². The second kappa shape index (κ2) is 6.03. The van der Waals surface area contributed by atoms with Crippen LogP contribution >= 0.6 is 0 Å². The van der Waals surface area contributed by atoms with Gasteiger partial charge in [-0.15, -0.1) is 0 Å². The maximum atomic E-state index is 11.4. The molecule has 1 rings (SSSR count). The van der Waals surface area contributed by atoms with Gasteiger partial charge in [0.05, 0.1) is 0 Å². The maximum Gasteiger partial charge on any atom is 0.137 e. The second-order valence-corrected chi connectivity index (χ2v) is 4.87. The number of hydrogen-bond donors (Lipinski definition) is 0. The minimum absolute atomic E-state index is 0.138. The Morgan fingerprint density at radius 3 is 2.56 bits per heavy atom. The summed E-state index contributed by atoms with van der Waals surface area (Å²) >= 11 is 0. The van der Waals surface area contributed by atoms with Gasteiger partial charge in [0.25, 0.3) is 0 Å². The van der Waals surface area contributed by atoms with Gasteiger partial charge in [0.1, 0.15) is 5.78 Å². The van der Waals surface area contributed by atoms with Crippen LogP contribution in [0, 0.1) is 11.8 Å². The van der Waals surface area contributed by atoms with Crippen molar-refractivity contribution >= 4 is 5.78 Å². The zero-order valence-electron chi connectivity index (χ0n) is 10.9. The first-order valence-electron chi connectivity index (χ1n) is 6.49. The third kappa shape index (κ3) is 2.63. The molecule has 0 bridgehead atoms. The SMILES string of the molecule is C=CC1=C(CCCCCC)[C@H](C)[C@H]1C(C)=O. The molecule has 2 atom stereocenters. The van der Waals surface area contributed by atoms with E-state index in [1.54, 1.807) is 6.92 Å². The molecule has 1 aliphatic carbocycles. The highest BCUT2D eigenvalue weighted by atomic mass is 16.1. The van der Waals surface area contributed by atoms with E-state index in [1.807, 2.05) is 6.08 Å². The summed E-state index contributed by atoms with van der Waals surface area (Å²) in [5.41, 5.74) is 2.70. The molecule has 0 aromatic heterocycles. The Hall–Kier alpha value is -0.850. The van der Waals surface area contributed by atoms with Crippen molar-refractivity contribution in [1.29, 1.82) is 0 Å². The zero-order chi connectivity index (χ0) is 12.1. The molecule has 0 aliphatic heterocycles. The molecular formula is C15H24O. The molecule has 1 heteroatoms. The minimum Gasteiger partial charge on any atom is -0.299 e. The molecule has 0 unspecified atom stereocenters. The van der Waals surface area contributed by atoms with E-state index >= 15 is 0 Å². The third-order valence-electron chi connectivity index (χ3n) is 3.71. The van der Waals surface area contributed by atoms with Crippen molar-refractivity contribution in [2.45, 2.75) is 52.9 Å². The van der Waals surface area contributed by atoms with Crippen LogP contribution < -0.4 is 0 Å². The molecule has 16 heavy (non-hydrogen) atoms. The van der Waals surface area contributed by atoms with Crippen LogP contribution in [0.15, 0.2) is 23.8 Å².